The van der Waals surface area contributed by atoms with Crippen molar-refractivity contribution in [2.75, 3.05) is 18.0 Å². The smallest absolute Gasteiger partial charge is 0.391 e. The molecule has 11 heteroatoms. The number of nitrogens with zero attached hydrogens (tertiary/aromatic N) is 4. The van der Waals surface area contributed by atoms with Crippen LogP contribution < -0.4 is 14.2 Å². The van der Waals surface area contributed by atoms with E-state index in [9.17, 15) is 23.1 Å². The number of carbonyl (C=O) groups is 1. The number of rotatable bonds is 11. The molecule has 1 fully saturated rings. The Morgan fingerprint density at radius 3 is 2.37 bits per heavy atom. The van der Waals surface area contributed by atoms with E-state index in [1.807, 2.05) is 80.5 Å². The van der Waals surface area contributed by atoms with Crippen molar-refractivity contribution in [2.45, 2.75) is 65.3 Å². The molecule has 0 amide bonds. The summed E-state index contributed by atoms with van der Waals surface area (Å²) in [5.74, 6) is -0.575. The molecule has 5 rings (SSSR count). The number of H-pyrrole nitrogens is 1. The van der Waals surface area contributed by atoms with Crippen LogP contribution in [-0.2, 0) is 31.4 Å². The van der Waals surface area contributed by atoms with Crippen LogP contribution in [-0.4, -0.2) is 45.1 Å². The first-order valence-electron chi connectivity index (χ1n) is 14.8. The van der Waals surface area contributed by atoms with Crippen LogP contribution in [0.4, 0.5) is 18.9 Å². The number of alkyl halides is 3. The number of imidazole rings is 1. The number of hydrogen-bond donors (Lipinski definition) is 2. The Labute approximate surface area is 249 Å². The van der Waals surface area contributed by atoms with E-state index in [1.165, 1.54) is 0 Å². The number of carboxylic acid groups (broad SMARTS) is 1. The van der Waals surface area contributed by atoms with Crippen molar-refractivity contribution in [3.8, 4) is 5.75 Å². The zero-order valence-electron chi connectivity index (χ0n) is 24.8. The van der Waals surface area contributed by atoms with Gasteiger partial charge in [0.05, 0.1) is 23.4 Å². The van der Waals surface area contributed by atoms with E-state index in [2.05, 4.69) is 14.6 Å². The van der Waals surface area contributed by atoms with Gasteiger partial charge in [-0.05, 0) is 61.6 Å². The predicted octanol–water partition coefficient (Wildman–Crippen LogP) is 6.03. The Hall–Kier alpha value is -4.02. The van der Waals surface area contributed by atoms with Gasteiger partial charge in [0.25, 0.3) is 5.82 Å². The van der Waals surface area contributed by atoms with Crippen LogP contribution in [0, 0.1) is 11.3 Å². The molecule has 0 radical (unpaired) electrons. The minimum absolute atomic E-state index is 0.102. The lowest BCUT2D eigenvalue weighted by Gasteiger charge is -2.34. The van der Waals surface area contributed by atoms with Crippen molar-refractivity contribution in [2.24, 2.45) is 18.4 Å². The van der Waals surface area contributed by atoms with E-state index in [1.54, 1.807) is 4.68 Å². The Kier molecular flexibility index (Phi) is 8.71. The molecular formula is C32H39F3N5O3+. The van der Waals surface area contributed by atoms with Gasteiger partial charge in [0.1, 0.15) is 18.9 Å². The molecule has 1 saturated heterocycles. The van der Waals surface area contributed by atoms with Crippen molar-refractivity contribution < 1.29 is 32.4 Å². The highest BCUT2D eigenvalue weighted by Gasteiger charge is 2.41. The highest BCUT2D eigenvalue weighted by atomic mass is 19.4. The molecule has 1 aliphatic heterocycles. The summed E-state index contributed by atoms with van der Waals surface area (Å²) >= 11 is 0. The SMILES string of the molecule is CCC(CC)(Cc1[nH]c2ccc(OCc3ccn(C)n3)cc2[n+]1Cc1ccc(N2CCC(C(F)(F)F)CC2)cc1)C(=O)O. The molecular weight excluding hydrogens is 559 g/mol. The minimum atomic E-state index is -4.14. The largest absolute Gasteiger partial charge is 0.487 e. The van der Waals surface area contributed by atoms with Crippen molar-refractivity contribution in [3.63, 3.8) is 0 Å². The third kappa shape index (κ3) is 6.65. The molecule has 2 aromatic carbocycles. The maximum atomic E-state index is 13.1. The number of hydrogen-bond acceptors (Lipinski definition) is 4. The normalized spacial score (nSPS) is 14.9. The third-order valence-corrected chi connectivity index (χ3v) is 8.93. The van der Waals surface area contributed by atoms with Gasteiger partial charge in [-0.15, -0.1) is 0 Å². The minimum Gasteiger partial charge on any atom is -0.487 e. The van der Waals surface area contributed by atoms with Gasteiger partial charge in [0.15, 0.2) is 11.0 Å². The number of ether oxygens (including phenoxy) is 1. The van der Waals surface area contributed by atoms with Gasteiger partial charge in [-0.25, -0.2) is 9.55 Å². The van der Waals surface area contributed by atoms with Gasteiger partial charge >= 0.3 is 12.1 Å². The molecule has 0 unspecified atom stereocenters. The molecule has 0 bridgehead atoms. The summed E-state index contributed by atoms with van der Waals surface area (Å²) in [6, 6.07) is 15.6. The molecule has 2 aromatic heterocycles. The number of aliphatic carboxylic acids is 1. The fraction of sp³-hybridized carbons (Fsp3) is 0.469. The highest BCUT2D eigenvalue weighted by molar-refractivity contribution is 5.76. The van der Waals surface area contributed by atoms with Crippen LogP contribution in [0.2, 0.25) is 0 Å². The number of aryl methyl sites for hydroxylation is 1. The van der Waals surface area contributed by atoms with E-state index in [-0.39, 0.29) is 12.8 Å². The highest BCUT2D eigenvalue weighted by Crippen LogP contribution is 2.35. The number of carboxylic acids is 1. The van der Waals surface area contributed by atoms with Crippen LogP contribution in [0.5, 0.6) is 5.75 Å². The molecule has 2 N–H and O–H groups in total. The van der Waals surface area contributed by atoms with Crippen LogP contribution in [0.3, 0.4) is 0 Å². The molecule has 0 spiro atoms. The van der Waals surface area contributed by atoms with E-state index in [0.717, 1.165) is 33.8 Å². The van der Waals surface area contributed by atoms with E-state index in [0.29, 0.717) is 51.3 Å². The van der Waals surface area contributed by atoms with Crippen LogP contribution in [0.15, 0.2) is 54.7 Å². The summed E-state index contributed by atoms with van der Waals surface area (Å²) in [6.45, 7) is 5.36. The van der Waals surface area contributed by atoms with Crippen molar-refractivity contribution in [3.05, 3.63) is 71.8 Å². The number of benzene rings is 2. The molecule has 0 aliphatic carbocycles. The van der Waals surface area contributed by atoms with E-state index < -0.39 is 23.5 Å². The number of anilines is 1. The zero-order valence-corrected chi connectivity index (χ0v) is 24.8. The van der Waals surface area contributed by atoms with E-state index in [4.69, 9.17) is 4.74 Å². The summed E-state index contributed by atoms with van der Waals surface area (Å²) in [6.07, 6.45) is -0.754. The Morgan fingerprint density at radius 2 is 1.79 bits per heavy atom. The zero-order chi connectivity index (χ0) is 30.8. The first-order chi connectivity index (χ1) is 20.5. The second-order valence-corrected chi connectivity index (χ2v) is 11.5. The fourth-order valence-corrected chi connectivity index (χ4v) is 5.97. The van der Waals surface area contributed by atoms with Crippen LogP contribution in [0.25, 0.3) is 11.0 Å². The van der Waals surface area contributed by atoms with Gasteiger partial charge in [-0.3, -0.25) is 9.48 Å². The number of fused-ring (bicyclic) bond motifs is 1. The molecule has 1 aliphatic rings. The monoisotopic (exact) mass is 598 g/mol. The fourth-order valence-electron chi connectivity index (χ4n) is 5.97. The third-order valence-electron chi connectivity index (χ3n) is 8.93. The van der Waals surface area contributed by atoms with Gasteiger partial charge in [0, 0.05) is 38.1 Å². The van der Waals surface area contributed by atoms with Crippen molar-refractivity contribution in [1.82, 2.24) is 14.8 Å². The first-order valence-corrected chi connectivity index (χ1v) is 14.8. The molecule has 8 nitrogen and oxygen atoms in total. The molecule has 0 atom stereocenters. The topological polar surface area (TPSA) is 87.3 Å². The summed E-state index contributed by atoms with van der Waals surface area (Å²) in [7, 11) is 1.85. The summed E-state index contributed by atoms with van der Waals surface area (Å²) in [4.78, 5) is 17.9. The second-order valence-electron chi connectivity index (χ2n) is 11.5. The maximum absolute atomic E-state index is 13.1. The number of nitrogens with one attached hydrogen (secondary N) is 1. The van der Waals surface area contributed by atoms with Crippen molar-refractivity contribution >= 4 is 22.7 Å². The lowest BCUT2D eigenvalue weighted by molar-refractivity contribution is -0.670. The summed E-state index contributed by atoms with van der Waals surface area (Å²) in [5, 5.41) is 14.5. The van der Waals surface area contributed by atoms with Crippen molar-refractivity contribution in [1.29, 1.82) is 0 Å². The van der Waals surface area contributed by atoms with E-state index >= 15 is 0 Å². The van der Waals surface area contributed by atoms with Gasteiger partial charge in [-0.1, -0.05) is 26.0 Å². The second kappa shape index (κ2) is 12.3. The number of piperidine rings is 1. The predicted molar refractivity (Wildman–Crippen MR) is 157 cm³/mol. The van der Waals surface area contributed by atoms with Crippen LogP contribution in [0.1, 0.15) is 56.6 Å². The average Bonchev–Trinajstić information content (AvgIpc) is 3.56. The van der Waals surface area contributed by atoms with Gasteiger partial charge < -0.3 is 14.7 Å². The first kappa shape index (κ1) is 30.4. The molecule has 43 heavy (non-hydrogen) atoms. The Balaban J connectivity index is 1.42. The summed E-state index contributed by atoms with van der Waals surface area (Å²) < 4.78 is 49.2. The lowest BCUT2D eigenvalue weighted by atomic mass is 9.79. The number of aromatic amines is 1. The molecule has 4 aromatic rings. The molecule has 3 heterocycles. The van der Waals surface area contributed by atoms with Crippen LogP contribution >= 0.6 is 0 Å². The average molecular weight is 599 g/mol. The summed E-state index contributed by atoms with van der Waals surface area (Å²) in [5.41, 5.74) is 3.56. The van der Waals surface area contributed by atoms with Gasteiger partial charge in [0.2, 0.25) is 0 Å². The lowest BCUT2D eigenvalue weighted by Crippen LogP contribution is -2.42. The maximum Gasteiger partial charge on any atom is 0.391 e. The Morgan fingerprint density at radius 1 is 1.09 bits per heavy atom. The standard InChI is InChI=1S/C32H38F3N5O3/c1-4-31(5-2,30(41)42)19-29-36-27-11-10-26(43-21-24-14-15-38(3)37-24)18-28(27)40(29)20-22-6-8-25(9-7-22)39-16-12-23(13-17-39)32(33,34)35/h6-11,14-15,18,23H,4-5,12-13,16-17,19-21H2,1-3H3,(H,41,42)/p+1. The number of halogens is 3. The van der Waals surface area contributed by atoms with Gasteiger partial charge in [-0.2, -0.15) is 18.3 Å². The molecule has 0 saturated carbocycles. The quantitative estimate of drug-likeness (QED) is 0.206. The molecule has 230 valence electrons. The Bertz CT molecular complexity index is 1550. The number of aromatic nitrogens is 4.